The monoisotopic (exact) mass is 259 g/mol. The second-order valence-electron chi connectivity index (χ2n) is 4.55. The van der Waals surface area contributed by atoms with Gasteiger partial charge in [0, 0.05) is 11.6 Å². The summed E-state index contributed by atoms with van der Waals surface area (Å²) in [5.74, 6) is 1.38. The predicted molar refractivity (Wildman–Crippen MR) is 67.4 cm³/mol. The third-order valence-electron chi connectivity index (χ3n) is 2.97. The van der Waals surface area contributed by atoms with Gasteiger partial charge >= 0.3 is 0 Å². The highest BCUT2D eigenvalue weighted by Crippen LogP contribution is 2.36. The first-order chi connectivity index (χ1) is 9.20. The lowest BCUT2D eigenvalue weighted by molar-refractivity contribution is 0.111. The van der Waals surface area contributed by atoms with E-state index in [0.29, 0.717) is 29.2 Å². The average Bonchev–Trinajstić information content (AvgIpc) is 3.03. The van der Waals surface area contributed by atoms with Crippen molar-refractivity contribution in [1.82, 2.24) is 15.0 Å². The molecule has 1 aliphatic heterocycles. The maximum Gasteiger partial charge on any atom is 0.231 e. The summed E-state index contributed by atoms with van der Waals surface area (Å²) in [6.07, 6.45) is 0.714. The van der Waals surface area contributed by atoms with Crippen LogP contribution in [-0.2, 0) is 0 Å². The van der Waals surface area contributed by atoms with Gasteiger partial charge in [0.1, 0.15) is 0 Å². The molecule has 19 heavy (non-hydrogen) atoms. The summed E-state index contributed by atoms with van der Waals surface area (Å²) in [7, 11) is 0. The Morgan fingerprint density at radius 2 is 2.11 bits per heavy atom. The van der Waals surface area contributed by atoms with Crippen LogP contribution in [0, 0.1) is 0 Å². The number of nitrogens with zero attached hydrogens (tertiary/aromatic N) is 3. The number of ether oxygens (including phenoxy) is 2. The molecule has 0 atom stereocenters. The molecule has 6 heteroatoms. The highest BCUT2D eigenvalue weighted by Gasteiger charge is 2.20. The number of aldehydes is 1. The normalized spacial score (nSPS) is 13.0. The van der Waals surface area contributed by atoms with Crippen LogP contribution in [0.3, 0.4) is 0 Å². The van der Waals surface area contributed by atoms with Crippen LogP contribution in [0.15, 0.2) is 18.2 Å². The molecule has 0 fully saturated rings. The van der Waals surface area contributed by atoms with Crippen molar-refractivity contribution in [3.8, 4) is 22.8 Å². The molecule has 0 N–H and O–H groups in total. The van der Waals surface area contributed by atoms with Crippen molar-refractivity contribution in [2.75, 3.05) is 6.79 Å². The molecule has 0 bridgehead atoms. The van der Waals surface area contributed by atoms with Crippen LogP contribution in [0.5, 0.6) is 11.5 Å². The van der Waals surface area contributed by atoms with Gasteiger partial charge in [0.25, 0.3) is 0 Å². The van der Waals surface area contributed by atoms with Gasteiger partial charge in [-0.2, -0.15) is 0 Å². The maximum absolute atomic E-state index is 11.1. The SMILES string of the molecule is CC(C)n1nnc(C=O)c1-c1ccc2c(c1)OCO2. The largest absolute Gasteiger partial charge is 0.454 e. The van der Waals surface area contributed by atoms with Crippen molar-refractivity contribution in [3.05, 3.63) is 23.9 Å². The Morgan fingerprint density at radius 1 is 1.32 bits per heavy atom. The van der Waals surface area contributed by atoms with Crippen LogP contribution in [-0.4, -0.2) is 28.1 Å². The van der Waals surface area contributed by atoms with Crippen molar-refractivity contribution in [2.45, 2.75) is 19.9 Å². The predicted octanol–water partition coefficient (Wildman–Crippen LogP) is 2.07. The molecular weight excluding hydrogens is 246 g/mol. The lowest BCUT2D eigenvalue weighted by Crippen LogP contribution is -2.05. The van der Waals surface area contributed by atoms with Crippen molar-refractivity contribution < 1.29 is 14.3 Å². The quantitative estimate of drug-likeness (QED) is 0.789. The van der Waals surface area contributed by atoms with Crippen LogP contribution in [0.2, 0.25) is 0 Å². The van der Waals surface area contributed by atoms with Crippen LogP contribution >= 0.6 is 0 Å². The molecule has 2 heterocycles. The zero-order valence-electron chi connectivity index (χ0n) is 10.7. The Kier molecular flexibility index (Phi) is 2.70. The molecule has 0 amide bonds. The fourth-order valence-electron chi connectivity index (χ4n) is 2.07. The minimum Gasteiger partial charge on any atom is -0.454 e. The maximum atomic E-state index is 11.1. The van der Waals surface area contributed by atoms with E-state index >= 15 is 0 Å². The topological polar surface area (TPSA) is 66.2 Å². The van der Waals surface area contributed by atoms with Crippen LogP contribution in [0.25, 0.3) is 11.3 Å². The number of carbonyl (C=O) groups is 1. The molecule has 0 aliphatic carbocycles. The van der Waals surface area contributed by atoms with Crippen LogP contribution < -0.4 is 9.47 Å². The second kappa shape index (κ2) is 4.38. The van der Waals surface area contributed by atoms with Crippen molar-refractivity contribution >= 4 is 6.29 Å². The van der Waals surface area contributed by atoms with Gasteiger partial charge in [-0.1, -0.05) is 5.21 Å². The number of rotatable bonds is 3. The molecule has 0 radical (unpaired) electrons. The number of aromatic nitrogens is 3. The molecule has 1 aromatic carbocycles. The van der Waals surface area contributed by atoms with Gasteiger partial charge in [0.15, 0.2) is 23.5 Å². The average molecular weight is 259 g/mol. The van der Waals surface area contributed by atoms with Crippen LogP contribution in [0.1, 0.15) is 30.4 Å². The number of fused-ring (bicyclic) bond motifs is 1. The molecule has 6 nitrogen and oxygen atoms in total. The van der Waals surface area contributed by atoms with E-state index in [1.807, 2.05) is 32.0 Å². The first-order valence-electron chi connectivity index (χ1n) is 6.01. The van der Waals surface area contributed by atoms with Gasteiger partial charge < -0.3 is 9.47 Å². The van der Waals surface area contributed by atoms with E-state index in [9.17, 15) is 4.79 Å². The van der Waals surface area contributed by atoms with Gasteiger partial charge in [-0.25, -0.2) is 4.68 Å². The Hall–Kier alpha value is -2.37. The molecule has 98 valence electrons. The van der Waals surface area contributed by atoms with Gasteiger partial charge in [0.05, 0.1) is 5.69 Å². The van der Waals surface area contributed by atoms with Gasteiger partial charge in [0.2, 0.25) is 6.79 Å². The minimum atomic E-state index is 0.113. The van der Waals surface area contributed by atoms with E-state index in [1.165, 1.54) is 0 Å². The summed E-state index contributed by atoms with van der Waals surface area (Å²) < 4.78 is 12.3. The Balaban J connectivity index is 2.15. The lowest BCUT2D eigenvalue weighted by Gasteiger charge is -2.10. The summed E-state index contributed by atoms with van der Waals surface area (Å²) in [5, 5.41) is 7.92. The van der Waals surface area contributed by atoms with E-state index in [2.05, 4.69) is 10.3 Å². The number of hydrogen-bond donors (Lipinski definition) is 0. The van der Waals surface area contributed by atoms with Gasteiger partial charge in [-0.15, -0.1) is 5.10 Å². The zero-order chi connectivity index (χ0) is 13.4. The zero-order valence-corrected chi connectivity index (χ0v) is 10.7. The summed E-state index contributed by atoms with van der Waals surface area (Å²) >= 11 is 0. The third-order valence-corrected chi connectivity index (χ3v) is 2.97. The number of carbonyl (C=O) groups excluding carboxylic acids is 1. The van der Waals surface area contributed by atoms with E-state index in [-0.39, 0.29) is 12.8 Å². The smallest absolute Gasteiger partial charge is 0.231 e. The fraction of sp³-hybridized carbons (Fsp3) is 0.308. The Bertz CT molecular complexity index is 634. The van der Waals surface area contributed by atoms with Gasteiger partial charge in [-0.05, 0) is 32.0 Å². The highest BCUT2D eigenvalue weighted by molar-refractivity contribution is 5.83. The Labute approximate surface area is 109 Å². The number of benzene rings is 1. The molecule has 1 aliphatic rings. The van der Waals surface area contributed by atoms with E-state index < -0.39 is 0 Å². The van der Waals surface area contributed by atoms with Crippen LogP contribution in [0.4, 0.5) is 0 Å². The fourth-order valence-corrected chi connectivity index (χ4v) is 2.07. The molecule has 3 rings (SSSR count). The molecule has 0 spiro atoms. The molecule has 1 aromatic heterocycles. The summed E-state index contributed by atoms with van der Waals surface area (Å²) in [4.78, 5) is 11.1. The second-order valence-corrected chi connectivity index (χ2v) is 4.55. The van der Waals surface area contributed by atoms with E-state index in [1.54, 1.807) is 4.68 Å². The molecule has 0 saturated carbocycles. The lowest BCUT2D eigenvalue weighted by atomic mass is 10.1. The molecule has 2 aromatic rings. The standard InChI is InChI=1S/C13H13N3O3/c1-8(2)16-13(10(6-17)14-15-16)9-3-4-11-12(5-9)19-7-18-11/h3-6,8H,7H2,1-2H3. The molecule has 0 saturated heterocycles. The molecule has 0 unspecified atom stereocenters. The van der Waals surface area contributed by atoms with Crippen molar-refractivity contribution in [1.29, 1.82) is 0 Å². The van der Waals surface area contributed by atoms with E-state index in [0.717, 1.165) is 5.56 Å². The molecular formula is C13H13N3O3. The summed E-state index contributed by atoms with van der Waals surface area (Å²) in [6, 6.07) is 5.65. The third kappa shape index (κ3) is 1.85. The first-order valence-corrected chi connectivity index (χ1v) is 6.01. The minimum absolute atomic E-state index is 0.113. The van der Waals surface area contributed by atoms with E-state index in [4.69, 9.17) is 9.47 Å². The highest BCUT2D eigenvalue weighted by atomic mass is 16.7. The summed E-state index contributed by atoms with van der Waals surface area (Å²) in [5.41, 5.74) is 1.86. The first kappa shape index (κ1) is 11.7. The van der Waals surface area contributed by atoms with Crippen molar-refractivity contribution in [2.24, 2.45) is 0 Å². The summed E-state index contributed by atoms with van der Waals surface area (Å²) in [6.45, 7) is 4.19. The Morgan fingerprint density at radius 3 is 2.84 bits per heavy atom. The number of hydrogen-bond acceptors (Lipinski definition) is 5. The van der Waals surface area contributed by atoms with Crippen molar-refractivity contribution in [3.63, 3.8) is 0 Å². The van der Waals surface area contributed by atoms with Gasteiger partial charge in [-0.3, -0.25) is 4.79 Å².